The molecule has 1 saturated heterocycles. The second-order valence-corrected chi connectivity index (χ2v) is 7.11. The molecular weight excluding hydrogens is 264 g/mol. The molecular formula is C13H18N2O3S. The van der Waals surface area contributed by atoms with Crippen LogP contribution in [-0.4, -0.2) is 31.9 Å². The number of benzene rings is 1. The number of hydrogen-bond donors (Lipinski definition) is 2. The molecule has 0 saturated carbocycles. The zero-order chi connectivity index (χ0) is 13.9. The molecule has 104 valence electrons. The van der Waals surface area contributed by atoms with Gasteiger partial charge in [0.15, 0.2) is 0 Å². The fraction of sp³-hybridized carbons (Fsp3) is 0.462. The molecule has 0 spiro atoms. The highest BCUT2D eigenvalue weighted by molar-refractivity contribution is 7.91. The molecule has 0 aliphatic carbocycles. The highest BCUT2D eigenvalue weighted by Gasteiger charge is 2.24. The average Bonchev–Trinajstić information content (AvgIpc) is 2.41. The molecule has 0 bridgehead atoms. The van der Waals surface area contributed by atoms with Gasteiger partial charge in [0.1, 0.15) is 9.84 Å². The molecule has 1 aliphatic heterocycles. The van der Waals surface area contributed by atoms with Gasteiger partial charge in [-0.2, -0.15) is 0 Å². The molecule has 5 nitrogen and oxygen atoms in total. The van der Waals surface area contributed by atoms with E-state index in [1.807, 2.05) is 6.07 Å². The Morgan fingerprint density at radius 3 is 2.63 bits per heavy atom. The predicted octanol–water partition coefficient (Wildman–Crippen LogP) is 0.452. The molecule has 1 fully saturated rings. The first-order valence-electron chi connectivity index (χ1n) is 6.30. The van der Waals surface area contributed by atoms with Crippen LogP contribution < -0.4 is 11.1 Å². The summed E-state index contributed by atoms with van der Waals surface area (Å²) in [6.45, 7) is 0.392. The minimum absolute atomic E-state index is 0.0578. The summed E-state index contributed by atoms with van der Waals surface area (Å²) < 4.78 is 22.6. The van der Waals surface area contributed by atoms with Gasteiger partial charge >= 0.3 is 0 Å². The van der Waals surface area contributed by atoms with Crippen LogP contribution in [0.4, 0.5) is 0 Å². The quantitative estimate of drug-likeness (QED) is 0.842. The Hall–Kier alpha value is -1.40. The third-order valence-corrected chi connectivity index (χ3v) is 5.03. The normalized spacial score (nSPS) is 19.0. The van der Waals surface area contributed by atoms with Crippen LogP contribution >= 0.6 is 0 Å². The zero-order valence-corrected chi connectivity index (χ0v) is 11.4. The van der Waals surface area contributed by atoms with E-state index in [-0.39, 0.29) is 23.5 Å². The van der Waals surface area contributed by atoms with Crippen molar-refractivity contribution < 1.29 is 13.2 Å². The molecule has 1 amide bonds. The first kappa shape index (κ1) is 14.0. The largest absolute Gasteiger partial charge is 0.349 e. The maximum absolute atomic E-state index is 12.0. The Bertz CT molecular complexity index is 555. The van der Waals surface area contributed by atoms with Crippen molar-refractivity contribution in [1.82, 2.24) is 5.32 Å². The van der Waals surface area contributed by atoms with Crippen molar-refractivity contribution in [3.63, 3.8) is 0 Å². The highest BCUT2D eigenvalue weighted by atomic mass is 32.2. The minimum Gasteiger partial charge on any atom is -0.349 e. The van der Waals surface area contributed by atoms with Crippen molar-refractivity contribution in [2.75, 3.05) is 11.5 Å². The summed E-state index contributed by atoms with van der Waals surface area (Å²) in [4.78, 5) is 12.0. The van der Waals surface area contributed by atoms with Gasteiger partial charge in [0.05, 0.1) is 11.5 Å². The lowest BCUT2D eigenvalue weighted by Crippen LogP contribution is -2.40. The number of hydrogen-bond acceptors (Lipinski definition) is 4. The molecule has 1 heterocycles. The van der Waals surface area contributed by atoms with E-state index in [1.165, 1.54) is 0 Å². The molecule has 19 heavy (non-hydrogen) atoms. The Morgan fingerprint density at radius 1 is 1.32 bits per heavy atom. The van der Waals surface area contributed by atoms with E-state index in [1.54, 1.807) is 18.2 Å². The van der Waals surface area contributed by atoms with E-state index in [4.69, 9.17) is 5.73 Å². The Morgan fingerprint density at radius 2 is 2.00 bits per heavy atom. The zero-order valence-electron chi connectivity index (χ0n) is 10.6. The lowest BCUT2D eigenvalue weighted by Gasteiger charge is -2.23. The van der Waals surface area contributed by atoms with E-state index in [0.717, 1.165) is 5.56 Å². The summed E-state index contributed by atoms with van der Waals surface area (Å²) in [7, 11) is -2.89. The minimum atomic E-state index is -2.89. The second-order valence-electron chi connectivity index (χ2n) is 4.80. The molecule has 6 heteroatoms. The third-order valence-electron chi connectivity index (χ3n) is 3.31. The molecule has 2 rings (SSSR count). The van der Waals surface area contributed by atoms with E-state index in [9.17, 15) is 13.2 Å². The summed E-state index contributed by atoms with van der Waals surface area (Å²) in [5.41, 5.74) is 7.00. The maximum atomic E-state index is 12.0. The molecule has 1 aliphatic rings. The van der Waals surface area contributed by atoms with Crippen LogP contribution in [0.25, 0.3) is 0 Å². The Kier molecular flexibility index (Phi) is 4.21. The number of carbonyl (C=O) groups excluding carboxylic acids is 1. The van der Waals surface area contributed by atoms with Crippen molar-refractivity contribution in [1.29, 1.82) is 0 Å². The van der Waals surface area contributed by atoms with E-state index >= 15 is 0 Å². The van der Waals surface area contributed by atoms with Crippen LogP contribution in [0, 0.1) is 0 Å². The lowest BCUT2D eigenvalue weighted by atomic mass is 10.1. The van der Waals surface area contributed by atoms with Crippen LogP contribution in [0.3, 0.4) is 0 Å². The monoisotopic (exact) mass is 282 g/mol. The molecule has 3 N–H and O–H groups in total. The van der Waals surface area contributed by atoms with Crippen LogP contribution in [0.5, 0.6) is 0 Å². The van der Waals surface area contributed by atoms with Crippen molar-refractivity contribution >= 4 is 15.7 Å². The highest BCUT2D eigenvalue weighted by Crippen LogP contribution is 2.13. The van der Waals surface area contributed by atoms with Crippen LogP contribution in [-0.2, 0) is 16.4 Å². The molecule has 0 aromatic heterocycles. The van der Waals surface area contributed by atoms with Crippen molar-refractivity contribution in [2.24, 2.45) is 5.73 Å². The first-order chi connectivity index (χ1) is 9.00. The molecule has 0 radical (unpaired) electrons. The van der Waals surface area contributed by atoms with Gasteiger partial charge in [-0.1, -0.05) is 12.1 Å². The molecule has 1 aromatic carbocycles. The Labute approximate surface area is 113 Å². The van der Waals surface area contributed by atoms with Gasteiger partial charge < -0.3 is 11.1 Å². The summed E-state index contributed by atoms with van der Waals surface area (Å²) in [5, 5.41) is 2.88. The van der Waals surface area contributed by atoms with Crippen LogP contribution in [0.2, 0.25) is 0 Å². The lowest BCUT2D eigenvalue weighted by molar-refractivity contribution is 0.0934. The smallest absolute Gasteiger partial charge is 0.251 e. The fourth-order valence-corrected chi connectivity index (χ4v) is 3.63. The molecule has 0 atom stereocenters. The third kappa shape index (κ3) is 3.78. The molecule has 1 aromatic rings. The van der Waals surface area contributed by atoms with E-state index in [0.29, 0.717) is 24.9 Å². The second kappa shape index (κ2) is 5.71. The summed E-state index contributed by atoms with van der Waals surface area (Å²) in [6, 6.07) is 7.09. The van der Waals surface area contributed by atoms with Crippen LogP contribution in [0.1, 0.15) is 28.8 Å². The van der Waals surface area contributed by atoms with Gasteiger partial charge in [-0.15, -0.1) is 0 Å². The van der Waals surface area contributed by atoms with Gasteiger partial charge in [-0.25, -0.2) is 8.42 Å². The van der Waals surface area contributed by atoms with Gasteiger partial charge in [0, 0.05) is 18.2 Å². The number of nitrogens with two attached hydrogens (primary N) is 1. The maximum Gasteiger partial charge on any atom is 0.251 e. The summed E-state index contributed by atoms with van der Waals surface area (Å²) >= 11 is 0. The summed E-state index contributed by atoms with van der Waals surface area (Å²) in [6.07, 6.45) is 0.981. The Balaban J connectivity index is 1.98. The fourth-order valence-electron chi connectivity index (χ4n) is 2.14. The average molecular weight is 282 g/mol. The van der Waals surface area contributed by atoms with Crippen molar-refractivity contribution in [3.8, 4) is 0 Å². The predicted molar refractivity (Wildman–Crippen MR) is 73.5 cm³/mol. The van der Waals surface area contributed by atoms with Crippen LogP contribution in [0.15, 0.2) is 24.3 Å². The number of rotatable bonds is 3. The first-order valence-corrected chi connectivity index (χ1v) is 8.12. The number of nitrogens with one attached hydrogen (secondary N) is 1. The number of amides is 1. The van der Waals surface area contributed by atoms with E-state index in [2.05, 4.69) is 5.32 Å². The van der Waals surface area contributed by atoms with Crippen molar-refractivity contribution in [2.45, 2.75) is 25.4 Å². The van der Waals surface area contributed by atoms with Gasteiger partial charge in [0.25, 0.3) is 5.91 Å². The van der Waals surface area contributed by atoms with E-state index < -0.39 is 9.84 Å². The van der Waals surface area contributed by atoms with Gasteiger partial charge in [-0.05, 0) is 30.5 Å². The van der Waals surface area contributed by atoms with Crippen molar-refractivity contribution in [3.05, 3.63) is 35.4 Å². The number of carbonyl (C=O) groups is 1. The van der Waals surface area contributed by atoms with Gasteiger partial charge in [0.2, 0.25) is 0 Å². The topological polar surface area (TPSA) is 89.3 Å². The van der Waals surface area contributed by atoms with Gasteiger partial charge in [-0.3, -0.25) is 4.79 Å². The number of sulfone groups is 1. The standard InChI is InChI=1S/C13H18N2O3S/c14-9-10-2-1-3-11(8-10)13(16)15-12-4-6-19(17,18)7-5-12/h1-3,8,12H,4-7,9,14H2,(H,15,16). The SMILES string of the molecule is NCc1cccc(C(=O)NC2CCS(=O)(=O)CC2)c1. The molecule has 0 unspecified atom stereocenters. The summed E-state index contributed by atoms with van der Waals surface area (Å²) in [5.74, 6) is 0.140.